The lowest BCUT2D eigenvalue weighted by atomic mass is 9.94. The Balaban J connectivity index is 5.23. The molecule has 17 heavy (non-hydrogen) atoms. The molecule has 0 heterocycles. The maximum Gasteiger partial charge on any atom is 0.444 e. The highest BCUT2D eigenvalue weighted by Crippen LogP contribution is 2.30. The van der Waals surface area contributed by atoms with Gasteiger partial charge in [0.15, 0.2) is 0 Å². The van der Waals surface area contributed by atoms with Crippen molar-refractivity contribution in [2.24, 2.45) is 5.92 Å². The van der Waals surface area contributed by atoms with Gasteiger partial charge >= 0.3 is 17.6 Å². The normalized spacial score (nSPS) is 12.2. The molecule has 0 aromatic carbocycles. The van der Waals surface area contributed by atoms with Crippen LogP contribution in [0.25, 0.3) is 5.53 Å². The lowest BCUT2D eigenvalue weighted by Gasteiger charge is -2.18. The van der Waals surface area contributed by atoms with E-state index >= 15 is 0 Å². The van der Waals surface area contributed by atoms with Gasteiger partial charge in [0.25, 0.3) is 0 Å². The number of nitrogens with zero attached hydrogens (tertiary/aromatic N) is 2. The maximum atomic E-state index is 13.8. The van der Waals surface area contributed by atoms with Gasteiger partial charge in [0.2, 0.25) is 0 Å². The summed E-state index contributed by atoms with van der Waals surface area (Å²) < 4.78 is 32.0. The molecule has 0 radical (unpaired) electrons. The zero-order valence-corrected chi connectivity index (χ0v) is 9.53. The minimum absolute atomic E-state index is 0.0891. The van der Waals surface area contributed by atoms with E-state index in [2.05, 4.69) is 22.7 Å². The molecule has 0 aliphatic heterocycles. The van der Waals surface area contributed by atoms with Gasteiger partial charge < -0.3 is 10.3 Å². The van der Waals surface area contributed by atoms with Crippen molar-refractivity contribution in [2.45, 2.75) is 19.3 Å². The molecule has 0 rings (SSSR count). The third-order valence-electron chi connectivity index (χ3n) is 2.06. The Bertz CT molecular complexity index is 360. The lowest BCUT2D eigenvalue weighted by molar-refractivity contribution is -0.145. The summed E-state index contributed by atoms with van der Waals surface area (Å²) in [6, 6.07) is 0. The molecule has 0 aromatic rings. The van der Waals surface area contributed by atoms with Crippen molar-refractivity contribution in [1.82, 2.24) is 0 Å². The first-order valence-corrected chi connectivity index (χ1v) is 4.96. The molecule has 0 aliphatic carbocycles. The van der Waals surface area contributed by atoms with Crippen molar-refractivity contribution in [2.75, 3.05) is 6.61 Å². The number of ether oxygens (including phenoxy) is 1. The third-order valence-corrected chi connectivity index (χ3v) is 2.06. The van der Waals surface area contributed by atoms with Gasteiger partial charge in [-0.05, 0) is 13.3 Å². The summed E-state index contributed by atoms with van der Waals surface area (Å²) in [7, 11) is 0. The fraction of sp³-hybridized carbons (Fsp3) is 0.455. The largest absolute Gasteiger partial charge is 0.457 e. The number of hydrogen-bond donors (Lipinski definition) is 0. The van der Waals surface area contributed by atoms with E-state index in [1.54, 1.807) is 0 Å². The number of esters is 1. The fourth-order valence-electron chi connectivity index (χ4n) is 1.19. The van der Waals surface area contributed by atoms with Crippen LogP contribution in [0.15, 0.2) is 25.3 Å². The van der Waals surface area contributed by atoms with Crippen LogP contribution in [0.1, 0.15) is 13.3 Å². The number of carbonyl (C=O) groups excluding carboxylic acids is 1. The number of hydrogen-bond acceptors (Lipinski definition) is 2. The molecule has 0 aromatic heterocycles. The summed E-state index contributed by atoms with van der Waals surface area (Å²) in [6.07, 6.45) is 2.14. The molecule has 0 saturated heterocycles. The highest BCUT2D eigenvalue weighted by Gasteiger charge is 2.54. The molecule has 0 aliphatic rings. The van der Waals surface area contributed by atoms with Crippen LogP contribution in [0.2, 0.25) is 0 Å². The third kappa shape index (κ3) is 3.60. The van der Waals surface area contributed by atoms with E-state index in [1.807, 2.05) is 0 Å². The summed E-state index contributed by atoms with van der Waals surface area (Å²) >= 11 is 0. The standard InChI is InChI=1S/C11H14F2N2O2/c1-4-7-8(5-2)11(12,13)9(15-14)10(16)17-6-3/h4-5,8H,1-2,6-7H2,3H3. The second-order valence-corrected chi connectivity index (χ2v) is 3.16. The molecule has 0 fully saturated rings. The average Bonchev–Trinajstić information content (AvgIpc) is 2.26. The van der Waals surface area contributed by atoms with Crippen molar-refractivity contribution in [3.8, 4) is 0 Å². The number of rotatable bonds is 7. The Hall–Kier alpha value is -1.81. The van der Waals surface area contributed by atoms with Gasteiger partial charge in [-0.25, -0.2) is 4.79 Å². The molecule has 0 bridgehead atoms. The number of alkyl halides is 2. The van der Waals surface area contributed by atoms with Gasteiger partial charge in [0, 0.05) is 0 Å². The molecule has 6 heteroatoms. The van der Waals surface area contributed by atoms with Crippen LogP contribution < -0.4 is 0 Å². The predicted molar refractivity (Wildman–Crippen MR) is 58.7 cm³/mol. The zero-order valence-electron chi connectivity index (χ0n) is 9.53. The van der Waals surface area contributed by atoms with E-state index in [0.29, 0.717) is 0 Å². The zero-order chi connectivity index (χ0) is 13.5. The van der Waals surface area contributed by atoms with Gasteiger partial charge in [-0.2, -0.15) is 13.6 Å². The van der Waals surface area contributed by atoms with Crippen LogP contribution in [-0.2, 0) is 9.53 Å². The van der Waals surface area contributed by atoms with Crippen LogP contribution in [0, 0.1) is 5.92 Å². The maximum absolute atomic E-state index is 13.8. The van der Waals surface area contributed by atoms with Crippen LogP contribution in [0.5, 0.6) is 0 Å². The summed E-state index contributed by atoms with van der Waals surface area (Å²) in [5.41, 5.74) is 7.19. The number of allylic oxidation sites excluding steroid dienone is 2. The first-order valence-electron chi connectivity index (χ1n) is 4.96. The van der Waals surface area contributed by atoms with Gasteiger partial charge in [-0.15, -0.1) is 13.2 Å². The van der Waals surface area contributed by atoms with Crippen molar-refractivity contribution in [3.05, 3.63) is 30.8 Å². The Morgan fingerprint density at radius 1 is 1.59 bits per heavy atom. The Morgan fingerprint density at radius 2 is 2.18 bits per heavy atom. The van der Waals surface area contributed by atoms with Crippen molar-refractivity contribution in [1.29, 1.82) is 0 Å². The summed E-state index contributed by atoms with van der Waals surface area (Å²) in [5, 5.41) is 0. The highest BCUT2D eigenvalue weighted by molar-refractivity contribution is 6.36. The molecule has 0 saturated carbocycles. The minimum atomic E-state index is -3.66. The monoisotopic (exact) mass is 244 g/mol. The van der Waals surface area contributed by atoms with Gasteiger partial charge in [-0.3, -0.25) is 0 Å². The quantitative estimate of drug-likeness (QED) is 0.227. The van der Waals surface area contributed by atoms with E-state index in [1.165, 1.54) is 13.0 Å². The SMILES string of the molecule is C=CCC(C=C)C(F)(F)C(=[N+]=[N-])C(=O)OCC. The topological polar surface area (TPSA) is 62.7 Å². The summed E-state index contributed by atoms with van der Waals surface area (Å²) in [5.74, 6) is -6.39. The molecular weight excluding hydrogens is 230 g/mol. The van der Waals surface area contributed by atoms with Crippen molar-refractivity contribution >= 4 is 11.7 Å². The fourth-order valence-corrected chi connectivity index (χ4v) is 1.19. The molecule has 0 amide bonds. The Morgan fingerprint density at radius 3 is 2.53 bits per heavy atom. The Kier molecular flexibility index (Phi) is 5.99. The van der Waals surface area contributed by atoms with Gasteiger partial charge in [0.05, 0.1) is 12.5 Å². The van der Waals surface area contributed by atoms with Crippen LogP contribution in [0.4, 0.5) is 8.78 Å². The summed E-state index contributed by atoms with van der Waals surface area (Å²) in [4.78, 5) is 13.5. The highest BCUT2D eigenvalue weighted by atomic mass is 19.3. The second-order valence-electron chi connectivity index (χ2n) is 3.16. The first kappa shape index (κ1) is 15.2. The Labute approximate surface area is 98.2 Å². The first-order chi connectivity index (χ1) is 7.95. The van der Waals surface area contributed by atoms with Crippen LogP contribution >= 0.6 is 0 Å². The van der Waals surface area contributed by atoms with Gasteiger partial charge in [-0.1, -0.05) is 12.2 Å². The van der Waals surface area contributed by atoms with Crippen LogP contribution in [-0.4, -0.2) is 29.0 Å². The van der Waals surface area contributed by atoms with Gasteiger partial charge in [0.1, 0.15) is 0 Å². The molecular formula is C11H14F2N2O2. The molecule has 0 N–H and O–H groups in total. The molecule has 94 valence electrons. The van der Waals surface area contributed by atoms with Crippen molar-refractivity contribution in [3.63, 3.8) is 0 Å². The smallest absolute Gasteiger partial charge is 0.444 e. The van der Waals surface area contributed by atoms with E-state index < -0.39 is 23.5 Å². The predicted octanol–water partition coefficient (Wildman–Crippen LogP) is 2.23. The number of halogens is 2. The van der Waals surface area contributed by atoms with Crippen LogP contribution in [0.3, 0.4) is 0 Å². The van der Waals surface area contributed by atoms with Crippen molar-refractivity contribution < 1.29 is 23.1 Å². The molecule has 4 nitrogen and oxygen atoms in total. The second kappa shape index (κ2) is 6.70. The van der Waals surface area contributed by atoms with E-state index in [9.17, 15) is 13.6 Å². The van der Waals surface area contributed by atoms with E-state index in [-0.39, 0.29) is 13.0 Å². The number of carbonyl (C=O) groups is 1. The molecule has 1 unspecified atom stereocenters. The van der Waals surface area contributed by atoms with E-state index in [0.717, 1.165) is 6.08 Å². The summed E-state index contributed by atoms with van der Waals surface area (Å²) in [6.45, 7) is 7.95. The van der Waals surface area contributed by atoms with E-state index in [4.69, 9.17) is 5.53 Å². The lowest BCUT2D eigenvalue weighted by Crippen LogP contribution is -2.42. The minimum Gasteiger partial charge on any atom is -0.457 e. The molecule has 1 atom stereocenters. The average molecular weight is 244 g/mol. The molecule has 0 spiro atoms.